The quantitative estimate of drug-likeness (QED) is 0.273. The largest absolute Gasteiger partial charge is 1.00 e. The van der Waals surface area contributed by atoms with Crippen LogP contribution in [0.2, 0.25) is 0 Å². The Labute approximate surface area is 164 Å². The van der Waals surface area contributed by atoms with Crippen molar-refractivity contribution in [2.24, 2.45) is 0 Å². The Morgan fingerprint density at radius 1 is 0.727 bits per heavy atom. The second-order valence-corrected chi connectivity index (χ2v) is 5.42. The van der Waals surface area contributed by atoms with E-state index in [1.54, 1.807) is 0 Å². The summed E-state index contributed by atoms with van der Waals surface area (Å²) < 4.78 is 0. The second kappa shape index (κ2) is 29.3. The second-order valence-electron chi connectivity index (χ2n) is 4.92. The molecule has 0 N–H and O–H groups in total. The van der Waals surface area contributed by atoms with Crippen LogP contribution in [0.5, 0.6) is 0 Å². The van der Waals surface area contributed by atoms with Crippen molar-refractivity contribution in [1.82, 2.24) is 0 Å². The maximum Gasteiger partial charge on any atom is 1.00 e. The zero-order chi connectivity index (χ0) is 16.9. The SMILES string of the molecule is CC(=O)[O-].CC(=O)[O-].CCCCCCCCCCCC[SH2+].[Na+]. The number of carboxylic acids is 2. The Morgan fingerprint density at radius 2 is 0.955 bits per heavy atom. The molecule has 0 aliphatic carbocycles. The molecule has 0 bridgehead atoms. The van der Waals surface area contributed by atoms with E-state index in [4.69, 9.17) is 19.8 Å². The van der Waals surface area contributed by atoms with E-state index in [9.17, 15) is 0 Å². The summed E-state index contributed by atoms with van der Waals surface area (Å²) in [5.74, 6) is -0.990. The van der Waals surface area contributed by atoms with Crippen molar-refractivity contribution < 1.29 is 49.4 Å². The van der Waals surface area contributed by atoms with Gasteiger partial charge < -0.3 is 19.8 Å². The summed E-state index contributed by atoms with van der Waals surface area (Å²) in [5, 5.41) is 17.8. The predicted octanol–water partition coefficient (Wildman–Crippen LogP) is -1.56. The van der Waals surface area contributed by atoms with Gasteiger partial charge in [0.2, 0.25) is 0 Å². The van der Waals surface area contributed by atoms with Gasteiger partial charge >= 0.3 is 29.6 Å². The van der Waals surface area contributed by atoms with Crippen molar-refractivity contribution in [1.29, 1.82) is 0 Å². The summed E-state index contributed by atoms with van der Waals surface area (Å²) in [6.07, 6.45) is 14.3. The summed E-state index contributed by atoms with van der Waals surface area (Å²) in [4.78, 5) is 17.8. The van der Waals surface area contributed by atoms with Gasteiger partial charge in [-0.1, -0.05) is 58.3 Å². The molecule has 0 aromatic rings. The van der Waals surface area contributed by atoms with Crippen LogP contribution in [0.1, 0.15) is 85.0 Å². The standard InChI is InChI=1S/C12H26S.2C2H4O2.Na/c1-2-3-4-5-6-7-8-9-10-11-12-13;2*1-2(3)4;/h13H,2-12H2,1H3;2*1H3,(H,3,4);/q;;;+1/p-1. The molecule has 0 unspecified atom stereocenters. The molecule has 4 nitrogen and oxygen atoms in total. The van der Waals surface area contributed by atoms with Gasteiger partial charge in [0.1, 0.15) is 5.75 Å². The molecular formula is C16H33NaO4S. The molecule has 0 aliphatic heterocycles. The minimum atomic E-state index is -1.08. The molecule has 0 fully saturated rings. The van der Waals surface area contributed by atoms with Gasteiger partial charge in [-0.15, -0.1) is 0 Å². The van der Waals surface area contributed by atoms with E-state index in [0.717, 1.165) is 13.8 Å². The summed E-state index contributed by atoms with van der Waals surface area (Å²) >= 11 is 3.50. The van der Waals surface area contributed by atoms with Crippen LogP contribution < -0.4 is 39.8 Å². The van der Waals surface area contributed by atoms with Crippen LogP contribution in [-0.2, 0) is 22.2 Å². The average molecular weight is 344 g/mol. The van der Waals surface area contributed by atoms with E-state index in [2.05, 4.69) is 19.6 Å². The Morgan fingerprint density at radius 3 is 1.18 bits per heavy atom. The van der Waals surface area contributed by atoms with Crippen molar-refractivity contribution >= 4 is 24.6 Å². The molecule has 0 amide bonds. The topological polar surface area (TPSA) is 80.3 Å². The van der Waals surface area contributed by atoms with E-state index >= 15 is 0 Å². The van der Waals surface area contributed by atoms with E-state index in [1.807, 2.05) is 0 Å². The van der Waals surface area contributed by atoms with Crippen molar-refractivity contribution in [3.05, 3.63) is 0 Å². The third-order valence-corrected chi connectivity index (χ3v) is 2.88. The molecule has 0 heterocycles. The number of unbranched alkanes of at least 4 members (excludes halogenated alkanes) is 9. The monoisotopic (exact) mass is 344 g/mol. The average Bonchev–Trinajstić information content (AvgIpc) is 2.35. The molecule has 0 rings (SSSR count). The third-order valence-electron chi connectivity index (χ3n) is 2.53. The zero-order valence-electron chi connectivity index (χ0n) is 14.9. The molecular weight excluding hydrogens is 311 g/mol. The fourth-order valence-electron chi connectivity index (χ4n) is 1.61. The number of rotatable bonds is 10. The first-order valence-electron chi connectivity index (χ1n) is 7.88. The van der Waals surface area contributed by atoms with Crippen molar-refractivity contribution in [3.63, 3.8) is 0 Å². The maximum atomic E-state index is 8.89. The summed E-state index contributed by atoms with van der Waals surface area (Å²) in [6.45, 7) is 4.22. The molecule has 0 radical (unpaired) electrons. The Balaban J connectivity index is -0.000000150. The van der Waals surface area contributed by atoms with Crippen LogP contribution in [0.4, 0.5) is 0 Å². The van der Waals surface area contributed by atoms with Crippen molar-refractivity contribution in [2.45, 2.75) is 85.0 Å². The molecule has 0 saturated heterocycles. The molecule has 128 valence electrons. The van der Waals surface area contributed by atoms with Gasteiger partial charge in [-0.05, 0) is 39.3 Å². The molecule has 0 spiro atoms. The number of carbonyl (C=O) groups excluding carboxylic acids is 2. The van der Waals surface area contributed by atoms with Crippen LogP contribution in [0.25, 0.3) is 0 Å². The van der Waals surface area contributed by atoms with Gasteiger partial charge in [0, 0.05) is 11.9 Å². The fourth-order valence-corrected chi connectivity index (χ4v) is 1.86. The summed E-state index contributed by atoms with van der Waals surface area (Å²) in [6, 6.07) is 0. The summed E-state index contributed by atoms with van der Waals surface area (Å²) in [5.41, 5.74) is 0. The van der Waals surface area contributed by atoms with Gasteiger partial charge in [-0.25, -0.2) is 0 Å². The first-order chi connectivity index (χ1) is 9.88. The Hall–Kier alpha value is 0.290. The molecule has 0 aliphatic rings. The number of hydrogen-bond acceptors (Lipinski definition) is 4. The van der Waals surface area contributed by atoms with Gasteiger partial charge in [0.25, 0.3) is 0 Å². The van der Waals surface area contributed by atoms with Crippen LogP contribution >= 0.6 is 0 Å². The van der Waals surface area contributed by atoms with E-state index in [-0.39, 0.29) is 29.6 Å². The zero-order valence-corrected chi connectivity index (χ0v) is 17.9. The van der Waals surface area contributed by atoms with E-state index < -0.39 is 11.9 Å². The van der Waals surface area contributed by atoms with Gasteiger partial charge in [-0.3, -0.25) is 0 Å². The first kappa shape index (κ1) is 30.2. The summed E-state index contributed by atoms with van der Waals surface area (Å²) in [7, 11) is 0. The third kappa shape index (κ3) is 71.3. The number of hydrogen-bond donors (Lipinski definition) is 0. The molecule has 0 saturated carbocycles. The number of carbonyl (C=O) groups is 2. The molecule has 0 atom stereocenters. The number of carboxylic acid groups (broad SMARTS) is 2. The first-order valence-corrected chi connectivity index (χ1v) is 8.58. The minimum absolute atomic E-state index is 0. The molecule has 0 aromatic heterocycles. The number of aliphatic carboxylic acids is 2. The van der Waals surface area contributed by atoms with Gasteiger partial charge in [-0.2, -0.15) is 0 Å². The van der Waals surface area contributed by atoms with Crippen LogP contribution in [-0.4, -0.2) is 17.7 Å². The van der Waals surface area contributed by atoms with Crippen LogP contribution in [0, 0.1) is 0 Å². The van der Waals surface area contributed by atoms with E-state index in [1.165, 1.54) is 70.0 Å². The van der Waals surface area contributed by atoms with Crippen LogP contribution in [0.15, 0.2) is 0 Å². The Bertz CT molecular complexity index is 196. The van der Waals surface area contributed by atoms with E-state index in [0.29, 0.717) is 0 Å². The fraction of sp³-hybridized carbons (Fsp3) is 0.875. The Kier molecular flexibility index (Phi) is 40.2. The predicted molar refractivity (Wildman–Crippen MR) is 88.2 cm³/mol. The minimum Gasteiger partial charge on any atom is -0.550 e. The van der Waals surface area contributed by atoms with Crippen molar-refractivity contribution in [3.8, 4) is 0 Å². The van der Waals surface area contributed by atoms with Gasteiger partial charge in [0.05, 0.1) is 0 Å². The molecule has 22 heavy (non-hydrogen) atoms. The normalized spacial score (nSPS) is 8.55. The van der Waals surface area contributed by atoms with Crippen molar-refractivity contribution in [2.75, 3.05) is 5.75 Å². The smallest absolute Gasteiger partial charge is 0.550 e. The maximum absolute atomic E-state index is 8.89. The van der Waals surface area contributed by atoms with Crippen LogP contribution in [0.3, 0.4) is 0 Å². The molecule has 6 heteroatoms. The molecule has 0 aromatic carbocycles. The van der Waals surface area contributed by atoms with Gasteiger partial charge in [0.15, 0.2) is 0 Å².